The van der Waals surface area contributed by atoms with Crippen LogP contribution in [0.15, 0.2) is 45.6 Å². The third-order valence-electron chi connectivity index (χ3n) is 5.04. The summed E-state index contributed by atoms with van der Waals surface area (Å²) < 4.78 is 10.8. The number of methoxy groups -OCH3 is 1. The van der Waals surface area contributed by atoms with Crippen LogP contribution in [0.1, 0.15) is 30.0 Å². The molecule has 0 saturated heterocycles. The highest BCUT2D eigenvalue weighted by molar-refractivity contribution is 5.91. The number of anilines is 2. The quantitative estimate of drug-likeness (QED) is 0.659. The summed E-state index contributed by atoms with van der Waals surface area (Å²) in [6, 6.07) is 11.2. The lowest BCUT2D eigenvalue weighted by molar-refractivity contribution is -0.114. The third kappa shape index (κ3) is 3.58. The van der Waals surface area contributed by atoms with Crippen LogP contribution in [0.5, 0.6) is 5.75 Å². The maximum absolute atomic E-state index is 12.0. The molecule has 6 nitrogen and oxygen atoms in total. The summed E-state index contributed by atoms with van der Waals surface area (Å²) in [4.78, 5) is 23.3. The van der Waals surface area contributed by atoms with Gasteiger partial charge in [0, 0.05) is 36.7 Å². The zero-order chi connectivity index (χ0) is 19.7. The lowest BCUT2D eigenvalue weighted by Crippen LogP contribution is -2.08. The number of carbonyl (C=O) groups excluding carboxylic acids is 1. The minimum atomic E-state index is -0.346. The van der Waals surface area contributed by atoms with Crippen LogP contribution in [-0.2, 0) is 24.2 Å². The van der Waals surface area contributed by atoms with Crippen molar-refractivity contribution in [3.8, 4) is 5.75 Å². The number of benzene rings is 2. The van der Waals surface area contributed by atoms with E-state index in [-0.39, 0.29) is 11.5 Å². The first-order chi connectivity index (χ1) is 13.5. The second-order valence-corrected chi connectivity index (χ2v) is 7.01. The second-order valence-electron chi connectivity index (χ2n) is 7.01. The number of hydrogen-bond donors (Lipinski definition) is 2. The predicted molar refractivity (Wildman–Crippen MR) is 109 cm³/mol. The van der Waals surface area contributed by atoms with Gasteiger partial charge in [0.1, 0.15) is 11.3 Å². The SMILES string of the molecule is COc1cc(NCc2cc(=O)oc3cc4c(cc23)CCC4)ccc1NC(C)=O. The highest BCUT2D eigenvalue weighted by atomic mass is 16.5. The Morgan fingerprint density at radius 3 is 2.68 bits per heavy atom. The fraction of sp³-hybridized carbons (Fsp3) is 0.273. The number of rotatable bonds is 5. The smallest absolute Gasteiger partial charge is 0.336 e. The molecule has 1 aliphatic rings. The molecule has 1 heterocycles. The summed E-state index contributed by atoms with van der Waals surface area (Å²) in [7, 11) is 1.56. The Bertz CT molecular complexity index is 1120. The number of carbonyl (C=O) groups is 1. The van der Waals surface area contributed by atoms with Crippen LogP contribution in [0.4, 0.5) is 11.4 Å². The highest BCUT2D eigenvalue weighted by Gasteiger charge is 2.15. The number of nitrogens with one attached hydrogen (secondary N) is 2. The largest absolute Gasteiger partial charge is 0.494 e. The van der Waals surface area contributed by atoms with Gasteiger partial charge in [0.05, 0.1) is 12.8 Å². The third-order valence-corrected chi connectivity index (χ3v) is 5.04. The van der Waals surface area contributed by atoms with Crippen LogP contribution in [0, 0.1) is 0 Å². The molecule has 4 rings (SSSR count). The molecule has 2 N–H and O–H groups in total. The molecule has 0 fully saturated rings. The number of fused-ring (bicyclic) bond motifs is 2. The Morgan fingerprint density at radius 1 is 1.14 bits per heavy atom. The number of amides is 1. The molecule has 1 amide bonds. The van der Waals surface area contributed by atoms with Crippen LogP contribution in [0.3, 0.4) is 0 Å². The van der Waals surface area contributed by atoms with E-state index in [4.69, 9.17) is 9.15 Å². The molecule has 0 aliphatic heterocycles. The van der Waals surface area contributed by atoms with Crippen molar-refractivity contribution < 1.29 is 13.9 Å². The van der Waals surface area contributed by atoms with Gasteiger partial charge in [0.25, 0.3) is 0 Å². The van der Waals surface area contributed by atoms with Crippen LogP contribution >= 0.6 is 0 Å². The summed E-state index contributed by atoms with van der Waals surface area (Å²) in [5.74, 6) is 0.407. The average Bonchev–Trinajstić information content (AvgIpc) is 3.12. The number of hydrogen-bond acceptors (Lipinski definition) is 5. The van der Waals surface area contributed by atoms with Crippen molar-refractivity contribution in [2.75, 3.05) is 17.7 Å². The maximum Gasteiger partial charge on any atom is 0.336 e. The fourth-order valence-electron chi connectivity index (χ4n) is 3.73. The Morgan fingerprint density at radius 2 is 1.93 bits per heavy atom. The van der Waals surface area contributed by atoms with E-state index in [2.05, 4.69) is 16.7 Å². The van der Waals surface area contributed by atoms with Gasteiger partial charge in [-0.2, -0.15) is 0 Å². The summed E-state index contributed by atoms with van der Waals surface area (Å²) in [5, 5.41) is 7.03. The normalized spacial score (nSPS) is 12.6. The molecule has 1 aromatic heterocycles. The molecule has 6 heteroatoms. The molecule has 0 bridgehead atoms. The minimum Gasteiger partial charge on any atom is -0.494 e. The van der Waals surface area contributed by atoms with Gasteiger partial charge in [-0.3, -0.25) is 4.79 Å². The second kappa shape index (κ2) is 7.38. The van der Waals surface area contributed by atoms with Gasteiger partial charge in [-0.1, -0.05) is 0 Å². The Kier molecular flexibility index (Phi) is 4.77. The summed E-state index contributed by atoms with van der Waals surface area (Å²) in [6.07, 6.45) is 3.25. The topological polar surface area (TPSA) is 80.6 Å². The molecule has 28 heavy (non-hydrogen) atoms. The minimum absolute atomic E-state index is 0.158. The van der Waals surface area contributed by atoms with E-state index in [1.165, 1.54) is 18.1 Å². The molecular formula is C22H22N2O4. The molecule has 3 aromatic rings. The molecule has 0 atom stereocenters. The fourth-order valence-corrected chi connectivity index (χ4v) is 3.73. The van der Waals surface area contributed by atoms with Crippen LogP contribution < -0.4 is 21.0 Å². The lowest BCUT2D eigenvalue weighted by atomic mass is 10.0. The predicted octanol–water partition coefficient (Wildman–Crippen LogP) is 3.86. The van der Waals surface area contributed by atoms with Gasteiger partial charge in [-0.15, -0.1) is 0 Å². The number of ether oxygens (including phenoxy) is 1. The Labute approximate surface area is 162 Å². The molecule has 144 valence electrons. The summed E-state index contributed by atoms with van der Waals surface area (Å²) in [5.41, 5.74) is 5.24. The molecule has 0 unspecified atom stereocenters. The molecule has 0 radical (unpaired) electrons. The summed E-state index contributed by atoms with van der Waals surface area (Å²) >= 11 is 0. The van der Waals surface area contributed by atoms with Crippen molar-refractivity contribution in [2.24, 2.45) is 0 Å². The zero-order valence-corrected chi connectivity index (χ0v) is 15.9. The van der Waals surface area contributed by atoms with E-state index in [0.29, 0.717) is 23.6 Å². The highest BCUT2D eigenvalue weighted by Crippen LogP contribution is 2.30. The molecule has 2 aromatic carbocycles. The van der Waals surface area contributed by atoms with Crippen LogP contribution in [-0.4, -0.2) is 13.0 Å². The van der Waals surface area contributed by atoms with Gasteiger partial charge < -0.3 is 19.8 Å². The van der Waals surface area contributed by atoms with Gasteiger partial charge in [-0.05, 0) is 60.2 Å². The maximum atomic E-state index is 12.0. The first-order valence-electron chi connectivity index (χ1n) is 9.31. The van der Waals surface area contributed by atoms with Gasteiger partial charge in [-0.25, -0.2) is 4.79 Å². The van der Waals surface area contributed by atoms with E-state index >= 15 is 0 Å². The van der Waals surface area contributed by atoms with Crippen molar-refractivity contribution in [2.45, 2.75) is 32.7 Å². The first kappa shape index (κ1) is 18.1. The van der Waals surface area contributed by atoms with Crippen molar-refractivity contribution in [3.63, 3.8) is 0 Å². The molecular weight excluding hydrogens is 356 g/mol. The number of aryl methyl sites for hydroxylation is 2. The standard InChI is InChI=1S/C22H22N2O4/c1-13(25)24-19-7-6-17(11-21(19)27-2)23-12-16-10-22(26)28-20-9-15-5-3-4-14(15)8-18(16)20/h6-11,23H,3-5,12H2,1-2H3,(H,24,25). The van der Waals surface area contributed by atoms with Crippen molar-refractivity contribution in [1.29, 1.82) is 0 Å². The van der Waals surface area contributed by atoms with Crippen LogP contribution in [0.2, 0.25) is 0 Å². The van der Waals surface area contributed by atoms with Crippen molar-refractivity contribution in [1.82, 2.24) is 0 Å². The lowest BCUT2D eigenvalue weighted by Gasteiger charge is -2.13. The first-order valence-corrected chi connectivity index (χ1v) is 9.31. The average molecular weight is 378 g/mol. The van der Waals surface area contributed by atoms with Crippen molar-refractivity contribution in [3.05, 3.63) is 63.5 Å². The summed E-state index contributed by atoms with van der Waals surface area (Å²) in [6.45, 7) is 1.93. The van der Waals surface area contributed by atoms with Gasteiger partial charge >= 0.3 is 5.63 Å². The van der Waals surface area contributed by atoms with Crippen molar-refractivity contribution >= 4 is 28.3 Å². The Hall–Kier alpha value is -3.28. The van der Waals surface area contributed by atoms with E-state index in [1.54, 1.807) is 19.2 Å². The van der Waals surface area contributed by atoms with E-state index < -0.39 is 0 Å². The molecule has 0 spiro atoms. The zero-order valence-electron chi connectivity index (χ0n) is 15.9. The van der Waals surface area contributed by atoms with E-state index in [1.807, 2.05) is 18.2 Å². The Balaban J connectivity index is 1.62. The molecule has 0 saturated carbocycles. The van der Waals surface area contributed by atoms with Gasteiger partial charge in [0.2, 0.25) is 5.91 Å². The monoisotopic (exact) mass is 378 g/mol. The van der Waals surface area contributed by atoms with Crippen LogP contribution in [0.25, 0.3) is 11.0 Å². The van der Waals surface area contributed by atoms with E-state index in [9.17, 15) is 9.59 Å². The van der Waals surface area contributed by atoms with Gasteiger partial charge in [0.15, 0.2) is 0 Å². The molecule has 1 aliphatic carbocycles. The van der Waals surface area contributed by atoms with E-state index in [0.717, 1.165) is 35.9 Å².